The molecular formula is C14H21N3O2S2. The summed E-state index contributed by atoms with van der Waals surface area (Å²) in [5.41, 5.74) is 4.18. The van der Waals surface area contributed by atoms with E-state index in [2.05, 4.69) is 15.8 Å². The molecule has 0 saturated carbocycles. The predicted molar refractivity (Wildman–Crippen MR) is 90.4 cm³/mol. The summed E-state index contributed by atoms with van der Waals surface area (Å²) >= 11 is 5.13. The van der Waals surface area contributed by atoms with Gasteiger partial charge in [0.2, 0.25) is 0 Å². The molecule has 0 spiro atoms. The van der Waals surface area contributed by atoms with E-state index in [4.69, 9.17) is 12.2 Å². The summed E-state index contributed by atoms with van der Waals surface area (Å²) in [5.74, 6) is 0. The van der Waals surface area contributed by atoms with Crippen LogP contribution in [0.25, 0.3) is 0 Å². The lowest BCUT2D eigenvalue weighted by molar-refractivity contribution is 0.508. The van der Waals surface area contributed by atoms with E-state index in [9.17, 15) is 8.42 Å². The molecule has 0 aromatic heterocycles. The van der Waals surface area contributed by atoms with Crippen molar-refractivity contribution < 1.29 is 8.42 Å². The second-order valence-corrected chi connectivity index (χ2v) is 8.23. The van der Waals surface area contributed by atoms with Crippen LogP contribution in [-0.2, 0) is 9.84 Å². The average molecular weight is 327 g/mol. The fraction of sp³-hybridized carbons (Fsp3) is 0.429. The molecule has 1 aromatic rings. The van der Waals surface area contributed by atoms with Crippen LogP contribution >= 0.6 is 12.2 Å². The lowest BCUT2D eigenvalue weighted by Gasteiger charge is -2.21. The molecule has 7 heteroatoms. The second-order valence-electron chi connectivity index (χ2n) is 5.81. The van der Waals surface area contributed by atoms with Gasteiger partial charge in [-0.25, -0.2) is 8.42 Å². The molecular weight excluding hydrogens is 306 g/mol. The van der Waals surface area contributed by atoms with Crippen molar-refractivity contribution in [1.29, 1.82) is 0 Å². The maximum Gasteiger partial charge on any atom is 0.187 e. The van der Waals surface area contributed by atoms with Crippen molar-refractivity contribution in [3.63, 3.8) is 0 Å². The van der Waals surface area contributed by atoms with Gasteiger partial charge < -0.3 is 5.32 Å². The Morgan fingerprint density at radius 2 is 1.71 bits per heavy atom. The summed E-state index contributed by atoms with van der Waals surface area (Å²) < 4.78 is 22.8. The minimum absolute atomic E-state index is 0.134. The van der Waals surface area contributed by atoms with Gasteiger partial charge in [0.25, 0.3) is 0 Å². The highest BCUT2D eigenvalue weighted by Gasteiger charge is 2.10. The van der Waals surface area contributed by atoms with Gasteiger partial charge in [-0.15, -0.1) is 0 Å². The Balaban J connectivity index is 2.77. The van der Waals surface area contributed by atoms with Crippen molar-refractivity contribution in [2.75, 3.05) is 6.26 Å². The number of hydrogen-bond acceptors (Lipinski definition) is 4. The summed E-state index contributed by atoms with van der Waals surface area (Å²) in [7, 11) is -3.18. The second kappa shape index (κ2) is 6.53. The van der Waals surface area contributed by atoms with E-state index in [1.807, 2.05) is 27.7 Å². The van der Waals surface area contributed by atoms with Crippen LogP contribution in [0.3, 0.4) is 0 Å². The average Bonchev–Trinajstić information content (AvgIpc) is 2.33. The molecule has 0 aliphatic heterocycles. The first-order valence-electron chi connectivity index (χ1n) is 6.42. The van der Waals surface area contributed by atoms with Crippen LogP contribution in [0.15, 0.2) is 34.3 Å². The molecule has 0 unspecified atom stereocenters. The molecule has 0 heterocycles. The SMILES string of the molecule is C/C(=N/NC(=S)NC(C)(C)C)c1ccc(S(C)(=O)=O)cc1. The van der Waals surface area contributed by atoms with Crippen LogP contribution in [0.1, 0.15) is 33.3 Å². The molecule has 2 N–H and O–H groups in total. The molecule has 0 amide bonds. The third kappa shape index (κ3) is 6.22. The number of nitrogens with one attached hydrogen (secondary N) is 2. The number of nitrogens with zero attached hydrogens (tertiary/aromatic N) is 1. The maximum absolute atomic E-state index is 11.4. The van der Waals surface area contributed by atoms with Crippen LogP contribution in [-0.4, -0.2) is 31.0 Å². The van der Waals surface area contributed by atoms with Gasteiger partial charge >= 0.3 is 0 Å². The van der Waals surface area contributed by atoms with E-state index in [-0.39, 0.29) is 10.4 Å². The molecule has 1 aromatic carbocycles. The minimum Gasteiger partial charge on any atom is -0.357 e. The normalized spacial score (nSPS) is 12.9. The van der Waals surface area contributed by atoms with Gasteiger partial charge in [-0.05, 0) is 57.6 Å². The van der Waals surface area contributed by atoms with Gasteiger partial charge in [-0.3, -0.25) is 5.43 Å². The largest absolute Gasteiger partial charge is 0.357 e. The monoisotopic (exact) mass is 327 g/mol. The lowest BCUT2D eigenvalue weighted by Crippen LogP contribution is -2.44. The van der Waals surface area contributed by atoms with E-state index >= 15 is 0 Å². The molecule has 21 heavy (non-hydrogen) atoms. The zero-order chi connectivity index (χ0) is 16.3. The zero-order valence-corrected chi connectivity index (χ0v) is 14.5. The molecule has 0 fully saturated rings. The van der Waals surface area contributed by atoms with Gasteiger partial charge in [-0.2, -0.15) is 5.10 Å². The van der Waals surface area contributed by atoms with Crippen LogP contribution in [0.4, 0.5) is 0 Å². The topological polar surface area (TPSA) is 70.6 Å². The van der Waals surface area contributed by atoms with E-state index in [0.29, 0.717) is 10.8 Å². The minimum atomic E-state index is -3.18. The highest BCUT2D eigenvalue weighted by atomic mass is 32.2. The summed E-state index contributed by atoms with van der Waals surface area (Å²) in [6.07, 6.45) is 1.18. The number of rotatable bonds is 3. The summed E-state index contributed by atoms with van der Waals surface area (Å²) in [5, 5.41) is 7.71. The fourth-order valence-electron chi connectivity index (χ4n) is 1.51. The Morgan fingerprint density at radius 1 is 1.19 bits per heavy atom. The Bertz CT molecular complexity index is 642. The van der Waals surface area contributed by atoms with E-state index in [0.717, 1.165) is 5.56 Å². The van der Waals surface area contributed by atoms with Crippen molar-refractivity contribution in [2.45, 2.75) is 38.1 Å². The van der Waals surface area contributed by atoms with Gasteiger partial charge in [0.05, 0.1) is 10.6 Å². The molecule has 0 radical (unpaired) electrons. The van der Waals surface area contributed by atoms with Gasteiger partial charge in [0.1, 0.15) is 0 Å². The predicted octanol–water partition coefficient (Wildman–Crippen LogP) is 2.08. The molecule has 116 valence electrons. The highest BCUT2D eigenvalue weighted by molar-refractivity contribution is 7.90. The summed E-state index contributed by atoms with van der Waals surface area (Å²) in [4.78, 5) is 0.289. The first-order chi connectivity index (χ1) is 9.49. The number of sulfone groups is 1. The summed E-state index contributed by atoms with van der Waals surface area (Å²) in [6, 6.07) is 6.57. The van der Waals surface area contributed by atoms with Gasteiger partial charge in [0.15, 0.2) is 14.9 Å². The molecule has 0 aliphatic rings. The summed E-state index contributed by atoms with van der Waals surface area (Å²) in [6.45, 7) is 7.83. The van der Waals surface area contributed by atoms with E-state index in [1.165, 1.54) is 6.26 Å². The number of thiocarbonyl (C=S) groups is 1. The van der Waals surface area contributed by atoms with Crippen LogP contribution < -0.4 is 10.7 Å². The molecule has 0 aliphatic carbocycles. The standard InChI is InChI=1S/C14H21N3O2S2/c1-10(16-17-13(20)15-14(2,3)4)11-6-8-12(9-7-11)21(5,18)19/h6-9H,1-5H3,(H2,15,17,20)/b16-10-. The number of benzene rings is 1. The Morgan fingerprint density at radius 3 is 2.14 bits per heavy atom. The highest BCUT2D eigenvalue weighted by Crippen LogP contribution is 2.10. The molecule has 5 nitrogen and oxygen atoms in total. The van der Waals surface area contributed by atoms with Crippen molar-refractivity contribution in [2.24, 2.45) is 5.10 Å². The molecule has 0 bridgehead atoms. The van der Waals surface area contributed by atoms with Crippen LogP contribution in [0.5, 0.6) is 0 Å². The molecule has 1 rings (SSSR count). The molecule has 0 atom stereocenters. The first-order valence-corrected chi connectivity index (χ1v) is 8.72. The zero-order valence-electron chi connectivity index (χ0n) is 12.9. The quantitative estimate of drug-likeness (QED) is 0.505. The molecule has 0 saturated heterocycles. The number of hydrazone groups is 1. The first kappa shape index (κ1) is 17.6. The smallest absolute Gasteiger partial charge is 0.187 e. The third-order valence-corrected chi connectivity index (χ3v) is 3.84. The Labute approximate surface area is 131 Å². The van der Waals surface area contributed by atoms with E-state index < -0.39 is 9.84 Å². The number of hydrogen-bond donors (Lipinski definition) is 2. The van der Waals surface area contributed by atoms with Crippen LogP contribution in [0.2, 0.25) is 0 Å². The van der Waals surface area contributed by atoms with Crippen molar-refractivity contribution in [3.05, 3.63) is 29.8 Å². The lowest BCUT2D eigenvalue weighted by atomic mass is 10.1. The van der Waals surface area contributed by atoms with Crippen LogP contribution in [0, 0.1) is 0 Å². The van der Waals surface area contributed by atoms with Crippen molar-refractivity contribution in [1.82, 2.24) is 10.7 Å². The van der Waals surface area contributed by atoms with Crippen molar-refractivity contribution in [3.8, 4) is 0 Å². The Hall–Kier alpha value is -1.47. The third-order valence-electron chi connectivity index (χ3n) is 2.51. The van der Waals surface area contributed by atoms with Gasteiger partial charge in [-0.1, -0.05) is 12.1 Å². The fourth-order valence-corrected chi connectivity index (χ4v) is 2.49. The van der Waals surface area contributed by atoms with E-state index in [1.54, 1.807) is 24.3 Å². The Kier molecular flexibility index (Phi) is 5.47. The van der Waals surface area contributed by atoms with Gasteiger partial charge in [0, 0.05) is 11.8 Å². The maximum atomic E-state index is 11.4. The van der Waals surface area contributed by atoms with Crippen molar-refractivity contribution >= 4 is 32.9 Å².